The molecule has 0 aliphatic rings. The number of rotatable bonds is 2. The zero-order valence-corrected chi connectivity index (χ0v) is 5.96. The largest absolute Gasteiger partial charge is 0.405 e. The van der Waals surface area contributed by atoms with Gasteiger partial charge in [-0.1, -0.05) is 13.8 Å². The van der Waals surface area contributed by atoms with E-state index < -0.39 is 0 Å². The standard InChI is InChI=1S/C7H14N2/c1-6(2)7(9)4-3-5-8/h3-6H,8-9H2,1-2H3/b5-3-,7-4-. The second-order valence-electron chi connectivity index (χ2n) is 2.21. The Bertz CT molecular complexity index is 123. The summed E-state index contributed by atoms with van der Waals surface area (Å²) in [6.45, 7) is 4.08. The van der Waals surface area contributed by atoms with Crippen molar-refractivity contribution < 1.29 is 0 Å². The van der Waals surface area contributed by atoms with Gasteiger partial charge in [-0.2, -0.15) is 0 Å². The Morgan fingerprint density at radius 3 is 2.33 bits per heavy atom. The van der Waals surface area contributed by atoms with Crippen molar-refractivity contribution >= 4 is 0 Å². The lowest BCUT2D eigenvalue weighted by Gasteiger charge is -2.01. The quantitative estimate of drug-likeness (QED) is 0.541. The third-order valence-electron chi connectivity index (χ3n) is 1.07. The molecule has 0 amide bonds. The van der Waals surface area contributed by atoms with E-state index in [9.17, 15) is 0 Å². The Morgan fingerprint density at radius 2 is 2.00 bits per heavy atom. The Kier molecular flexibility index (Phi) is 3.60. The van der Waals surface area contributed by atoms with Gasteiger partial charge in [0.1, 0.15) is 0 Å². The van der Waals surface area contributed by atoms with Gasteiger partial charge in [-0.3, -0.25) is 0 Å². The van der Waals surface area contributed by atoms with Crippen LogP contribution in [0.1, 0.15) is 13.8 Å². The molecular weight excluding hydrogens is 112 g/mol. The summed E-state index contributed by atoms with van der Waals surface area (Å²) in [4.78, 5) is 0. The highest BCUT2D eigenvalue weighted by atomic mass is 14.6. The molecule has 4 N–H and O–H groups in total. The van der Waals surface area contributed by atoms with Crippen LogP contribution in [0.4, 0.5) is 0 Å². The Hall–Kier alpha value is -0.920. The molecular formula is C7H14N2. The maximum absolute atomic E-state index is 5.56. The number of allylic oxidation sites excluding steroid dienone is 3. The molecule has 0 radical (unpaired) electrons. The average molecular weight is 126 g/mol. The highest BCUT2D eigenvalue weighted by Crippen LogP contribution is 2.00. The first-order valence-electron chi connectivity index (χ1n) is 3.02. The van der Waals surface area contributed by atoms with Gasteiger partial charge in [0.15, 0.2) is 0 Å². The Morgan fingerprint density at radius 1 is 1.44 bits per heavy atom. The molecule has 0 unspecified atom stereocenters. The number of hydrogen-bond acceptors (Lipinski definition) is 2. The van der Waals surface area contributed by atoms with Gasteiger partial charge in [-0.05, 0) is 24.3 Å². The summed E-state index contributed by atoms with van der Waals surface area (Å²) in [7, 11) is 0. The Labute approximate surface area is 56.2 Å². The zero-order valence-electron chi connectivity index (χ0n) is 5.96. The van der Waals surface area contributed by atoms with E-state index in [1.807, 2.05) is 19.9 Å². The van der Waals surface area contributed by atoms with Crippen molar-refractivity contribution in [3.05, 3.63) is 24.0 Å². The molecule has 0 aromatic rings. The van der Waals surface area contributed by atoms with Crippen molar-refractivity contribution in [1.82, 2.24) is 0 Å². The molecule has 0 aliphatic carbocycles. The maximum atomic E-state index is 5.56. The predicted octanol–water partition coefficient (Wildman–Crippen LogP) is 0.957. The predicted molar refractivity (Wildman–Crippen MR) is 40.4 cm³/mol. The molecule has 0 aromatic carbocycles. The first kappa shape index (κ1) is 8.08. The van der Waals surface area contributed by atoms with E-state index in [1.165, 1.54) is 6.20 Å². The fraction of sp³-hybridized carbons (Fsp3) is 0.429. The zero-order chi connectivity index (χ0) is 7.28. The summed E-state index contributed by atoms with van der Waals surface area (Å²) >= 11 is 0. The van der Waals surface area contributed by atoms with Gasteiger partial charge in [0.05, 0.1) is 0 Å². The summed E-state index contributed by atoms with van der Waals surface area (Å²) in [5.74, 6) is 0.404. The van der Waals surface area contributed by atoms with Gasteiger partial charge in [0, 0.05) is 5.70 Å². The molecule has 0 saturated carbocycles. The highest BCUT2D eigenvalue weighted by Gasteiger charge is 1.92. The third kappa shape index (κ3) is 3.64. The Balaban J connectivity index is 3.84. The van der Waals surface area contributed by atoms with Crippen LogP contribution in [0.3, 0.4) is 0 Å². The van der Waals surface area contributed by atoms with Crippen LogP contribution in [0.25, 0.3) is 0 Å². The minimum Gasteiger partial charge on any atom is -0.405 e. The van der Waals surface area contributed by atoms with Crippen molar-refractivity contribution in [2.45, 2.75) is 13.8 Å². The normalized spacial score (nSPS) is 13.4. The summed E-state index contributed by atoms with van der Waals surface area (Å²) in [6.07, 6.45) is 5.01. The molecule has 0 rings (SSSR count). The van der Waals surface area contributed by atoms with Gasteiger partial charge in [-0.25, -0.2) is 0 Å². The molecule has 0 aliphatic heterocycles. The fourth-order valence-corrected chi connectivity index (χ4v) is 0.359. The molecule has 0 spiro atoms. The van der Waals surface area contributed by atoms with E-state index in [-0.39, 0.29) is 0 Å². The summed E-state index contributed by atoms with van der Waals surface area (Å²) in [6, 6.07) is 0. The molecule has 0 bridgehead atoms. The van der Waals surface area contributed by atoms with Gasteiger partial charge in [0.2, 0.25) is 0 Å². The average Bonchev–Trinajstić information content (AvgIpc) is 1.82. The van der Waals surface area contributed by atoms with Gasteiger partial charge in [0.25, 0.3) is 0 Å². The summed E-state index contributed by atoms with van der Waals surface area (Å²) in [5, 5.41) is 0. The molecule has 0 heterocycles. The number of hydrogen-bond donors (Lipinski definition) is 2. The molecule has 52 valence electrons. The van der Waals surface area contributed by atoms with Crippen molar-refractivity contribution in [3.8, 4) is 0 Å². The number of nitrogens with two attached hydrogens (primary N) is 2. The lowest BCUT2D eigenvalue weighted by Crippen LogP contribution is -2.03. The van der Waals surface area contributed by atoms with E-state index in [0.717, 1.165) is 5.70 Å². The van der Waals surface area contributed by atoms with Gasteiger partial charge >= 0.3 is 0 Å². The molecule has 2 nitrogen and oxygen atoms in total. The molecule has 0 aromatic heterocycles. The smallest absolute Gasteiger partial charge is 0.0107 e. The highest BCUT2D eigenvalue weighted by molar-refractivity contribution is 5.09. The van der Waals surface area contributed by atoms with E-state index in [2.05, 4.69) is 0 Å². The first-order valence-corrected chi connectivity index (χ1v) is 3.02. The van der Waals surface area contributed by atoms with Crippen LogP contribution in [0.5, 0.6) is 0 Å². The second kappa shape index (κ2) is 4.01. The van der Waals surface area contributed by atoms with Crippen LogP contribution in [-0.4, -0.2) is 0 Å². The lowest BCUT2D eigenvalue weighted by atomic mass is 10.1. The summed E-state index contributed by atoms with van der Waals surface area (Å²) < 4.78 is 0. The van der Waals surface area contributed by atoms with Crippen LogP contribution in [-0.2, 0) is 0 Å². The van der Waals surface area contributed by atoms with Crippen LogP contribution < -0.4 is 11.5 Å². The molecule has 0 fully saturated rings. The first-order chi connectivity index (χ1) is 4.18. The lowest BCUT2D eigenvalue weighted by molar-refractivity contribution is 0.757. The van der Waals surface area contributed by atoms with E-state index in [4.69, 9.17) is 11.5 Å². The van der Waals surface area contributed by atoms with E-state index in [1.54, 1.807) is 6.08 Å². The maximum Gasteiger partial charge on any atom is 0.0107 e. The van der Waals surface area contributed by atoms with Crippen LogP contribution in [0.2, 0.25) is 0 Å². The van der Waals surface area contributed by atoms with Crippen LogP contribution in [0.15, 0.2) is 24.0 Å². The van der Waals surface area contributed by atoms with Crippen LogP contribution >= 0.6 is 0 Å². The third-order valence-corrected chi connectivity index (χ3v) is 1.07. The van der Waals surface area contributed by atoms with Crippen molar-refractivity contribution in [2.75, 3.05) is 0 Å². The molecule has 0 atom stereocenters. The van der Waals surface area contributed by atoms with Crippen molar-refractivity contribution in [3.63, 3.8) is 0 Å². The second-order valence-corrected chi connectivity index (χ2v) is 2.21. The fourth-order valence-electron chi connectivity index (χ4n) is 0.359. The van der Waals surface area contributed by atoms with Crippen molar-refractivity contribution in [1.29, 1.82) is 0 Å². The minimum absolute atomic E-state index is 0.404. The van der Waals surface area contributed by atoms with Crippen molar-refractivity contribution in [2.24, 2.45) is 17.4 Å². The SMILES string of the molecule is CC(C)/C(N)=C/C=C\N. The van der Waals surface area contributed by atoms with E-state index in [0.29, 0.717) is 5.92 Å². The van der Waals surface area contributed by atoms with Gasteiger partial charge < -0.3 is 11.5 Å². The molecule has 0 saturated heterocycles. The topological polar surface area (TPSA) is 52.0 Å². The minimum atomic E-state index is 0.404. The molecule has 9 heavy (non-hydrogen) atoms. The summed E-state index contributed by atoms with van der Waals surface area (Å²) in [5.41, 5.74) is 11.5. The van der Waals surface area contributed by atoms with Gasteiger partial charge in [-0.15, -0.1) is 0 Å². The molecule has 2 heteroatoms. The monoisotopic (exact) mass is 126 g/mol. The van der Waals surface area contributed by atoms with Crippen LogP contribution in [0, 0.1) is 5.92 Å². The van der Waals surface area contributed by atoms with E-state index >= 15 is 0 Å².